The summed E-state index contributed by atoms with van der Waals surface area (Å²) in [6.45, 7) is 2.23. The van der Waals surface area contributed by atoms with Crippen LogP contribution in [0.1, 0.15) is 90.4 Å². The average molecular weight is 620 g/mol. The molecule has 0 bridgehead atoms. The highest BCUT2D eigenvalue weighted by Gasteiger charge is 2.40. The number of imide groups is 1. The van der Waals surface area contributed by atoms with Crippen molar-refractivity contribution in [2.45, 2.75) is 90.4 Å². The number of nitrogens with one attached hydrogen (secondary N) is 1. The van der Waals surface area contributed by atoms with E-state index < -0.39 is 0 Å². The summed E-state index contributed by atoms with van der Waals surface area (Å²) < 4.78 is 0. The zero-order chi connectivity index (χ0) is 29.4. The van der Waals surface area contributed by atoms with Crippen LogP contribution < -0.4 is 15.3 Å². The third-order valence-corrected chi connectivity index (χ3v) is 8.33. The zero-order valence-electron chi connectivity index (χ0n) is 23.4. The zero-order valence-corrected chi connectivity index (χ0v) is 25.7. The van der Waals surface area contributed by atoms with Crippen LogP contribution >= 0.6 is 34.8 Å². The molecule has 41 heavy (non-hydrogen) atoms. The van der Waals surface area contributed by atoms with Crippen LogP contribution in [0.4, 0.5) is 17.1 Å². The molecule has 0 aromatic heterocycles. The molecule has 0 aliphatic carbocycles. The van der Waals surface area contributed by atoms with E-state index in [1.54, 1.807) is 24.3 Å². The van der Waals surface area contributed by atoms with Gasteiger partial charge in [-0.3, -0.25) is 19.8 Å². The van der Waals surface area contributed by atoms with Crippen molar-refractivity contribution < 1.29 is 14.4 Å². The van der Waals surface area contributed by atoms with Crippen LogP contribution in [0.5, 0.6) is 0 Å². The fraction of sp³-hybridized carbons (Fsp3) is 0.484. The van der Waals surface area contributed by atoms with Crippen LogP contribution in [0.2, 0.25) is 15.1 Å². The maximum Gasteiger partial charge on any atom is 0.253 e. The molecule has 0 spiro atoms. The van der Waals surface area contributed by atoms with Crippen molar-refractivity contribution >= 4 is 75.4 Å². The summed E-state index contributed by atoms with van der Waals surface area (Å²) in [6.07, 6.45) is 13.1. The Morgan fingerprint density at radius 1 is 0.854 bits per heavy atom. The maximum atomic E-state index is 13.3. The van der Waals surface area contributed by atoms with Gasteiger partial charge < -0.3 is 0 Å². The molecule has 0 radical (unpaired) electrons. The highest BCUT2D eigenvalue weighted by atomic mass is 35.5. The molecule has 2 saturated heterocycles. The van der Waals surface area contributed by atoms with Gasteiger partial charge in [-0.25, -0.2) is 14.9 Å². The van der Waals surface area contributed by atoms with E-state index in [2.05, 4.69) is 17.3 Å². The number of anilines is 2. The molecular weight excluding hydrogens is 583 g/mol. The van der Waals surface area contributed by atoms with Crippen molar-refractivity contribution in [3.05, 3.63) is 51.5 Å². The molecule has 10 heteroatoms. The number of hydrazine groups is 1. The van der Waals surface area contributed by atoms with E-state index in [0.29, 0.717) is 28.7 Å². The molecule has 0 saturated carbocycles. The summed E-state index contributed by atoms with van der Waals surface area (Å²) in [5, 5.41) is 2.01. The van der Waals surface area contributed by atoms with Crippen LogP contribution in [0.15, 0.2) is 41.4 Å². The summed E-state index contributed by atoms with van der Waals surface area (Å²) in [5.74, 6) is -0.692. The van der Waals surface area contributed by atoms with E-state index >= 15 is 0 Å². The van der Waals surface area contributed by atoms with Gasteiger partial charge in [0.1, 0.15) is 11.5 Å². The second kappa shape index (κ2) is 15.0. The van der Waals surface area contributed by atoms with Gasteiger partial charge in [0.2, 0.25) is 11.8 Å². The number of rotatable bonds is 14. The second-order valence-electron chi connectivity index (χ2n) is 10.7. The van der Waals surface area contributed by atoms with Gasteiger partial charge in [0, 0.05) is 17.4 Å². The fourth-order valence-electron chi connectivity index (χ4n) is 5.39. The van der Waals surface area contributed by atoms with Gasteiger partial charge in [0.15, 0.2) is 0 Å². The molecule has 4 rings (SSSR count). The van der Waals surface area contributed by atoms with Gasteiger partial charge in [0.25, 0.3) is 5.91 Å². The van der Waals surface area contributed by atoms with E-state index in [-0.39, 0.29) is 52.2 Å². The summed E-state index contributed by atoms with van der Waals surface area (Å²) >= 11 is 18.6. The number of carbonyl (C=O) groups excluding carboxylic acids is 3. The number of benzene rings is 2. The van der Waals surface area contributed by atoms with Gasteiger partial charge in [0.05, 0.1) is 27.8 Å². The quantitative estimate of drug-likeness (QED) is 0.169. The highest BCUT2D eigenvalue weighted by molar-refractivity contribution is 6.42. The predicted octanol–water partition coefficient (Wildman–Crippen LogP) is 8.81. The number of amides is 3. The van der Waals surface area contributed by atoms with Crippen molar-refractivity contribution in [2.75, 3.05) is 9.91 Å². The Balaban J connectivity index is 1.36. The molecule has 3 amide bonds. The molecule has 2 aromatic carbocycles. The molecule has 1 unspecified atom stereocenters. The van der Waals surface area contributed by atoms with Crippen LogP contribution in [-0.2, 0) is 14.4 Å². The van der Waals surface area contributed by atoms with Crippen LogP contribution in [-0.4, -0.2) is 23.6 Å². The minimum Gasteiger partial charge on any atom is -0.277 e. The number of halogens is 3. The molecule has 2 aliphatic rings. The lowest BCUT2D eigenvalue weighted by molar-refractivity contribution is -0.122. The van der Waals surface area contributed by atoms with Gasteiger partial charge >= 0.3 is 0 Å². The molecule has 220 valence electrons. The van der Waals surface area contributed by atoms with Gasteiger partial charge in [-0.05, 0) is 30.7 Å². The van der Waals surface area contributed by atoms with Gasteiger partial charge in [-0.15, -0.1) is 0 Å². The van der Waals surface area contributed by atoms with Crippen molar-refractivity contribution in [3.8, 4) is 0 Å². The first-order chi connectivity index (χ1) is 19.8. The van der Waals surface area contributed by atoms with Crippen molar-refractivity contribution in [3.63, 3.8) is 0 Å². The molecule has 7 nitrogen and oxygen atoms in total. The predicted molar refractivity (Wildman–Crippen MR) is 167 cm³/mol. The lowest BCUT2D eigenvalue weighted by Gasteiger charge is -2.19. The Kier molecular flexibility index (Phi) is 11.5. The largest absolute Gasteiger partial charge is 0.277 e. The van der Waals surface area contributed by atoms with Gasteiger partial charge in [-0.1, -0.05) is 118 Å². The topological polar surface area (TPSA) is 82.1 Å². The first kappa shape index (κ1) is 31.3. The third kappa shape index (κ3) is 8.02. The molecule has 2 aromatic rings. The SMILES string of the molecule is CCCCCCCCCCCCC1CC(=O)N(c2ccccc2N=C2CC(=O)N(c3c(Cl)cc(Cl)cc3Cl)N2)C1=O. The number of hydrogen-bond donors (Lipinski definition) is 1. The number of amidine groups is 1. The number of carbonyl (C=O) groups is 3. The lowest BCUT2D eigenvalue weighted by Crippen LogP contribution is -2.36. The molecule has 2 heterocycles. The van der Waals surface area contributed by atoms with E-state index in [1.165, 1.54) is 73.4 Å². The van der Waals surface area contributed by atoms with Crippen LogP contribution in [0.25, 0.3) is 0 Å². The number of para-hydroxylation sites is 2. The molecule has 2 fully saturated rings. The van der Waals surface area contributed by atoms with Crippen LogP contribution in [0.3, 0.4) is 0 Å². The lowest BCUT2D eigenvalue weighted by atomic mass is 9.98. The first-order valence-corrected chi connectivity index (χ1v) is 15.7. The Labute approximate surface area is 257 Å². The smallest absolute Gasteiger partial charge is 0.253 e. The third-order valence-electron chi connectivity index (χ3n) is 7.54. The Hall–Kier alpha value is -2.61. The number of unbranched alkanes of at least 4 members (excludes halogenated alkanes) is 9. The maximum absolute atomic E-state index is 13.3. The normalized spacial score (nSPS) is 18.2. The molecular formula is C31H37Cl3N4O3. The van der Waals surface area contributed by atoms with E-state index in [9.17, 15) is 14.4 Å². The van der Waals surface area contributed by atoms with E-state index in [0.717, 1.165) is 12.8 Å². The summed E-state index contributed by atoms with van der Waals surface area (Å²) in [5.41, 5.74) is 4.06. The van der Waals surface area contributed by atoms with Crippen molar-refractivity contribution in [1.29, 1.82) is 0 Å². The second-order valence-corrected chi connectivity index (χ2v) is 12.0. The minimum atomic E-state index is -0.312. The molecule has 1 N–H and O–H groups in total. The Morgan fingerprint density at radius 2 is 1.46 bits per heavy atom. The fourth-order valence-corrected chi connectivity index (χ4v) is 6.38. The highest BCUT2D eigenvalue weighted by Crippen LogP contribution is 2.39. The van der Waals surface area contributed by atoms with E-state index in [1.807, 2.05) is 0 Å². The van der Waals surface area contributed by atoms with Crippen molar-refractivity contribution in [2.24, 2.45) is 10.9 Å². The number of nitrogens with zero attached hydrogens (tertiary/aromatic N) is 3. The minimum absolute atomic E-state index is 0.0348. The molecule has 1 atom stereocenters. The monoisotopic (exact) mass is 618 g/mol. The van der Waals surface area contributed by atoms with Crippen LogP contribution in [0, 0.1) is 5.92 Å². The Morgan fingerprint density at radius 3 is 2.12 bits per heavy atom. The standard InChI is InChI=1S/C31H37Cl3N4O3/c1-2-3-4-5-6-7-8-9-10-11-14-21-17-28(39)37(31(21)41)26-16-13-12-15-25(26)35-27-20-29(40)38(36-27)30-23(33)18-22(32)19-24(30)34/h12-13,15-16,18-19,21H,2-11,14,17,20H2,1H3,(H,35,36). The van der Waals surface area contributed by atoms with Crippen molar-refractivity contribution in [1.82, 2.24) is 5.43 Å². The summed E-state index contributed by atoms with van der Waals surface area (Å²) in [7, 11) is 0. The van der Waals surface area contributed by atoms with E-state index in [4.69, 9.17) is 34.8 Å². The molecule has 2 aliphatic heterocycles. The number of aliphatic imine (C=N–C) groups is 1. The average Bonchev–Trinajstić information content (AvgIpc) is 3.42. The Bertz CT molecular complexity index is 1280. The first-order valence-electron chi connectivity index (χ1n) is 14.6. The summed E-state index contributed by atoms with van der Waals surface area (Å²) in [4.78, 5) is 45.0. The number of hydrogen-bond acceptors (Lipinski definition) is 4. The van der Waals surface area contributed by atoms with Gasteiger partial charge in [-0.2, -0.15) is 0 Å². The summed E-state index contributed by atoms with van der Waals surface area (Å²) in [6, 6.07) is 9.97.